The molecule has 1 saturated heterocycles. The molecule has 1 aromatic carbocycles. The lowest BCUT2D eigenvalue weighted by molar-refractivity contribution is -0.131. The number of halogens is 1. The molecule has 1 amide bonds. The predicted molar refractivity (Wildman–Crippen MR) is 90.3 cm³/mol. The van der Waals surface area contributed by atoms with E-state index in [2.05, 4.69) is 20.2 Å². The van der Waals surface area contributed by atoms with Gasteiger partial charge in [-0.2, -0.15) is 5.10 Å². The lowest BCUT2D eigenvalue weighted by atomic mass is 9.94. The van der Waals surface area contributed by atoms with E-state index in [0.717, 1.165) is 36.2 Å². The molecule has 1 aliphatic rings. The van der Waals surface area contributed by atoms with Crippen molar-refractivity contribution in [1.82, 2.24) is 25.1 Å². The Balaban J connectivity index is 1.49. The summed E-state index contributed by atoms with van der Waals surface area (Å²) in [5.41, 5.74) is 3.15. The number of carbonyl (C=O) groups excluding carboxylic acids is 1. The first-order chi connectivity index (χ1) is 12.2. The first-order valence-corrected chi connectivity index (χ1v) is 8.38. The van der Waals surface area contributed by atoms with Gasteiger partial charge in [0.15, 0.2) is 5.65 Å². The van der Waals surface area contributed by atoms with Crippen molar-refractivity contribution in [2.45, 2.75) is 25.2 Å². The van der Waals surface area contributed by atoms with Crippen LogP contribution in [0.25, 0.3) is 11.2 Å². The quantitative estimate of drug-likeness (QED) is 0.795. The third-order valence-corrected chi connectivity index (χ3v) is 4.67. The summed E-state index contributed by atoms with van der Waals surface area (Å²) in [6.45, 7) is 1.38. The van der Waals surface area contributed by atoms with Gasteiger partial charge in [0.25, 0.3) is 0 Å². The molecule has 7 heteroatoms. The van der Waals surface area contributed by atoms with Gasteiger partial charge >= 0.3 is 0 Å². The Bertz CT molecular complexity index is 892. The molecule has 1 atom stereocenters. The molecule has 6 nitrogen and oxygen atoms in total. The zero-order valence-corrected chi connectivity index (χ0v) is 13.7. The molecule has 1 fully saturated rings. The van der Waals surface area contributed by atoms with Gasteiger partial charge in [-0.15, -0.1) is 0 Å². The van der Waals surface area contributed by atoms with Gasteiger partial charge in [-0.1, -0.05) is 12.1 Å². The van der Waals surface area contributed by atoms with Crippen molar-refractivity contribution in [3.63, 3.8) is 0 Å². The first kappa shape index (κ1) is 15.7. The van der Waals surface area contributed by atoms with Gasteiger partial charge in [-0.3, -0.25) is 9.89 Å². The average Bonchev–Trinajstić information content (AvgIpc) is 3.08. The van der Waals surface area contributed by atoms with E-state index < -0.39 is 0 Å². The number of H-pyrrole nitrogens is 1. The van der Waals surface area contributed by atoms with Gasteiger partial charge in [-0.05, 0) is 30.5 Å². The molecule has 1 aliphatic heterocycles. The van der Waals surface area contributed by atoms with E-state index in [1.165, 1.54) is 12.1 Å². The molecule has 3 heterocycles. The molecule has 4 rings (SSSR count). The normalized spacial score (nSPS) is 17.8. The van der Waals surface area contributed by atoms with Crippen molar-refractivity contribution in [3.8, 4) is 0 Å². The second kappa shape index (κ2) is 6.58. The van der Waals surface area contributed by atoms with E-state index in [1.807, 2.05) is 4.90 Å². The Hall–Kier alpha value is -2.83. The number of benzene rings is 1. The van der Waals surface area contributed by atoms with Gasteiger partial charge < -0.3 is 4.90 Å². The fraction of sp³-hybridized carbons (Fsp3) is 0.333. The van der Waals surface area contributed by atoms with Crippen molar-refractivity contribution >= 4 is 17.1 Å². The molecule has 0 radical (unpaired) electrons. The molecule has 0 saturated carbocycles. The van der Waals surface area contributed by atoms with Crippen LogP contribution in [-0.2, 0) is 11.2 Å². The lowest BCUT2D eigenvalue weighted by Gasteiger charge is -2.32. The van der Waals surface area contributed by atoms with E-state index in [0.29, 0.717) is 12.2 Å². The van der Waals surface area contributed by atoms with Crippen LogP contribution in [0, 0.1) is 5.82 Å². The second-order valence-corrected chi connectivity index (χ2v) is 6.35. The molecular formula is C18H18FN5O. The Morgan fingerprint density at radius 3 is 2.88 bits per heavy atom. The van der Waals surface area contributed by atoms with Crippen molar-refractivity contribution in [1.29, 1.82) is 0 Å². The van der Waals surface area contributed by atoms with E-state index >= 15 is 0 Å². The summed E-state index contributed by atoms with van der Waals surface area (Å²) >= 11 is 0. The predicted octanol–water partition coefficient (Wildman–Crippen LogP) is 2.44. The van der Waals surface area contributed by atoms with Crippen LogP contribution in [-0.4, -0.2) is 44.1 Å². The highest BCUT2D eigenvalue weighted by Gasteiger charge is 2.27. The van der Waals surface area contributed by atoms with E-state index in [9.17, 15) is 9.18 Å². The summed E-state index contributed by atoms with van der Waals surface area (Å²) in [6, 6.07) is 6.09. The average molecular weight is 339 g/mol. The van der Waals surface area contributed by atoms with Crippen molar-refractivity contribution in [3.05, 3.63) is 53.7 Å². The molecular weight excluding hydrogens is 321 g/mol. The minimum Gasteiger partial charge on any atom is -0.342 e. The number of nitrogens with one attached hydrogen (secondary N) is 1. The number of nitrogens with zero attached hydrogens (tertiary/aromatic N) is 4. The number of likely N-dealkylation sites (tertiary alicyclic amines) is 1. The zero-order valence-electron chi connectivity index (χ0n) is 13.7. The van der Waals surface area contributed by atoms with Gasteiger partial charge in [0.05, 0.1) is 12.1 Å². The Morgan fingerprint density at radius 2 is 2.04 bits per heavy atom. The van der Waals surface area contributed by atoms with Crippen LogP contribution < -0.4 is 0 Å². The molecule has 0 bridgehead atoms. The molecule has 25 heavy (non-hydrogen) atoms. The summed E-state index contributed by atoms with van der Waals surface area (Å²) < 4.78 is 13.0. The van der Waals surface area contributed by atoms with Crippen molar-refractivity contribution < 1.29 is 9.18 Å². The molecule has 2 aromatic heterocycles. The highest BCUT2D eigenvalue weighted by Crippen LogP contribution is 2.29. The molecule has 0 unspecified atom stereocenters. The molecule has 0 spiro atoms. The van der Waals surface area contributed by atoms with Gasteiger partial charge in [0, 0.05) is 31.4 Å². The minimum absolute atomic E-state index is 0.0613. The van der Waals surface area contributed by atoms with Gasteiger partial charge in [0.2, 0.25) is 5.91 Å². The third-order valence-electron chi connectivity index (χ3n) is 4.67. The van der Waals surface area contributed by atoms with E-state index in [-0.39, 0.29) is 24.1 Å². The van der Waals surface area contributed by atoms with Crippen LogP contribution in [0.3, 0.4) is 0 Å². The van der Waals surface area contributed by atoms with Crippen molar-refractivity contribution in [2.24, 2.45) is 0 Å². The van der Waals surface area contributed by atoms with Crippen LogP contribution in [0.15, 0.2) is 36.7 Å². The fourth-order valence-corrected chi connectivity index (χ4v) is 3.38. The number of hydrogen-bond acceptors (Lipinski definition) is 4. The molecule has 128 valence electrons. The van der Waals surface area contributed by atoms with E-state index in [4.69, 9.17) is 0 Å². The number of rotatable bonds is 3. The number of aromatic amines is 1. The summed E-state index contributed by atoms with van der Waals surface area (Å²) in [7, 11) is 0. The fourth-order valence-electron chi connectivity index (χ4n) is 3.38. The maximum Gasteiger partial charge on any atom is 0.227 e. The largest absolute Gasteiger partial charge is 0.342 e. The summed E-state index contributed by atoms with van der Waals surface area (Å²) in [6.07, 6.45) is 5.47. The number of fused-ring (bicyclic) bond motifs is 1. The van der Waals surface area contributed by atoms with Crippen LogP contribution >= 0.6 is 0 Å². The SMILES string of the molecule is O=C(Cc1ccc(F)cc1)N1CCC[C@H](c2[nH]nc3nccnc23)C1. The smallest absolute Gasteiger partial charge is 0.227 e. The number of aromatic nitrogens is 4. The number of piperidine rings is 1. The monoisotopic (exact) mass is 339 g/mol. The Kier molecular flexibility index (Phi) is 4.13. The highest BCUT2D eigenvalue weighted by atomic mass is 19.1. The Labute approximate surface area is 144 Å². The van der Waals surface area contributed by atoms with Crippen LogP contribution in [0.2, 0.25) is 0 Å². The standard InChI is InChI=1S/C18H18FN5O/c19-14-5-3-12(4-6-14)10-15(25)24-9-1-2-13(11-24)16-17-18(23-22-16)21-8-7-20-17/h3-8,13H,1-2,9-11H2,(H,21,22,23)/t13-/m0/s1. The second-order valence-electron chi connectivity index (χ2n) is 6.35. The van der Waals surface area contributed by atoms with Crippen LogP contribution in [0.5, 0.6) is 0 Å². The summed E-state index contributed by atoms with van der Waals surface area (Å²) in [5.74, 6) is -0.0553. The minimum atomic E-state index is -0.290. The van der Waals surface area contributed by atoms with Crippen LogP contribution in [0.4, 0.5) is 4.39 Å². The molecule has 0 aliphatic carbocycles. The van der Waals surface area contributed by atoms with E-state index in [1.54, 1.807) is 24.5 Å². The number of amides is 1. The maximum absolute atomic E-state index is 13.0. The number of carbonyl (C=O) groups is 1. The van der Waals surface area contributed by atoms with Gasteiger partial charge in [-0.25, -0.2) is 14.4 Å². The molecule has 1 N–H and O–H groups in total. The van der Waals surface area contributed by atoms with Crippen molar-refractivity contribution in [2.75, 3.05) is 13.1 Å². The number of hydrogen-bond donors (Lipinski definition) is 1. The summed E-state index contributed by atoms with van der Waals surface area (Å²) in [4.78, 5) is 23.0. The Morgan fingerprint density at radius 1 is 1.24 bits per heavy atom. The maximum atomic E-state index is 13.0. The lowest BCUT2D eigenvalue weighted by Crippen LogP contribution is -2.40. The summed E-state index contributed by atoms with van der Waals surface area (Å²) in [5, 5.41) is 7.25. The first-order valence-electron chi connectivity index (χ1n) is 8.38. The van der Waals surface area contributed by atoms with Gasteiger partial charge in [0.1, 0.15) is 11.3 Å². The third kappa shape index (κ3) is 3.22. The topological polar surface area (TPSA) is 74.8 Å². The van der Waals surface area contributed by atoms with Crippen LogP contribution in [0.1, 0.15) is 30.0 Å². The molecule has 3 aromatic rings. The zero-order chi connectivity index (χ0) is 17.2. The highest BCUT2D eigenvalue weighted by molar-refractivity contribution is 5.79.